The first-order chi connectivity index (χ1) is 10.7. The SMILES string of the molecule is COc1ccc(/C=C2/N=C(c3ccc(Br)cc3)OC2=O)cc1. The summed E-state index contributed by atoms with van der Waals surface area (Å²) in [7, 11) is 1.61. The molecule has 0 saturated heterocycles. The lowest BCUT2D eigenvalue weighted by Crippen LogP contribution is -2.05. The highest BCUT2D eigenvalue weighted by Gasteiger charge is 2.23. The number of carbonyl (C=O) groups excluding carboxylic acids is 1. The van der Waals surface area contributed by atoms with Crippen LogP contribution >= 0.6 is 15.9 Å². The zero-order valence-corrected chi connectivity index (χ0v) is 13.3. The second kappa shape index (κ2) is 6.15. The molecule has 0 radical (unpaired) electrons. The molecule has 0 unspecified atom stereocenters. The maximum atomic E-state index is 11.9. The van der Waals surface area contributed by atoms with Gasteiger partial charge in [0.15, 0.2) is 5.70 Å². The first-order valence-corrected chi connectivity index (χ1v) is 7.37. The highest BCUT2D eigenvalue weighted by Crippen LogP contribution is 2.21. The molecule has 0 spiro atoms. The van der Waals surface area contributed by atoms with Crippen molar-refractivity contribution < 1.29 is 14.3 Å². The van der Waals surface area contributed by atoms with Gasteiger partial charge in [0, 0.05) is 10.0 Å². The van der Waals surface area contributed by atoms with Gasteiger partial charge in [-0.05, 0) is 48.0 Å². The fraction of sp³-hybridized carbons (Fsp3) is 0.0588. The van der Waals surface area contributed by atoms with Gasteiger partial charge in [-0.15, -0.1) is 0 Å². The van der Waals surface area contributed by atoms with E-state index in [2.05, 4.69) is 20.9 Å². The minimum Gasteiger partial charge on any atom is -0.497 e. The Morgan fingerprint density at radius 3 is 2.41 bits per heavy atom. The summed E-state index contributed by atoms with van der Waals surface area (Å²) >= 11 is 3.36. The average molecular weight is 358 g/mol. The molecule has 0 bridgehead atoms. The molecular formula is C17H12BrNO3. The van der Waals surface area contributed by atoms with Gasteiger partial charge < -0.3 is 9.47 Å². The molecular weight excluding hydrogens is 346 g/mol. The molecule has 1 aliphatic heterocycles. The number of ether oxygens (including phenoxy) is 2. The summed E-state index contributed by atoms with van der Waals surface area (Å²) in [6.45, 7) is 0. The first-order valence-electron chi connectivity index (χ1n) is 6.58. The predicted molar refractivity (Wildman–Crippen MR) is 87.7 cm³/mol. The number of rotatable bonds is 3. The number of nitrogens with zero attached hydrogens (tertiary/aromatic N) is 1. The van der Waals surface area contributed by atoms with Crippen molar-refractivity contribution in [1.29, 1.82) is 0 Å². The maximum absolute atomic E-state index is 11.9. The van der Waals surface area contributed by atoms with E-state index in [1.807, 2.05) is 48.5 Å². The molecule has 22 heavy (non-hydrogen) atoms. The van der Waals surface area contributed by atoms with Crippen LogP contribution < -0.4 is 4.74 Å². The van der Waals surface area contributed by atoms with E-state index < -0.39 is 5.97 Å². The van der Waals surface area contributed by atoms with Crippen molar-refractivity contribution in [3.8, 4) is 5.75 Å². The number of benzene rings is 2. The van der Waals surface area contributed by atoms with Crippen molar-refractivity contribution in [2.75, 3.05) is 7.11 Å². The van der Waals surface area contributed by atoms with Crippen molar-refractivity contribution in [2.45, 2.75) is 0 Å². The number of methoxy groups -OCH3 is 1. The summed E-state index contributed by atoms with van der Waals surface area (Å²) in [6, 6.07) is 14.8. The molecule has 0 atom stereocenters. The molecule has 4 nitrogen and oxygen atoms in total. The highest BCUT2D eigenvalue weighted by molar-refractivity contribution is 9.10. The molecule has 0 N–H and O–H groups in total. The third-order valence-corrected chi connectivity index (χ3v) is 3.66. The Hall–Kier alpha value is -2.40. The normalized spacial score (nSPS) is 15.6. The van der Waals surface area contributed by atoms with Crippen LogP contribution in [0.15, 0.2) is 63.7 Å². The second-order valence-electron chi connectivity index (χ2n) is 4.62. The molecule has 0 aliphatic carbocycles. The largest absolute Gasteiger partial charge is 0.497 e. The molecule has 0 fully saturated rings. The smallest absolute Gasteiger partial charge is 0.363 e. The Bertz CT molecular complexity index is 761. The minimum absolute atomic E-state index is 0.281. The Morgan fingerprint density at radius 1 is 1.09 bits per heavy atom. The van der Waals surface area contributed by atoms with E-state index in [9.17, 15) is 4.79 Å². The number of hydrogen-bond acceptors (Lipinski definition) is 4. The molecule has 110 valence electrons. The lowest BCUT2D eigenvalue weighted by molar-refractivity contribution is -0.129. The van der Waals surface area contributed by atoms with Crippen LogP contribution in [0.5, 0.6) is 5.75 Å². The zero-order chi connectivity index (χ0) is 15.5. The Labute approximate surface area is 136 Å². The van der Waals surface area contributed by atoms with E-state index in [1.54, 1.807) is 13.2 Å². The van der Waals surface area contributed by atoms with Gasteiger partial charge in [-0.1, -0.05) is 28.1 Å². The second-order valence-corrected chi connectivity index (χ2v) is 5.53. The van der Waals surface area contributed by atoms with Gasteiger partial charge in [-0.25, -0.2) is 9.79 Å². The summed E-state index contributed by atoms with van der Waals surface area (Å²) < 4.78 is 11.3. The molecule has 0 aromatic heterocycles. The molecule has 0 saturated carbocycles. The number of aliphatic imine (C=N–C) groups is 1. The van der Waals surface area contributed by atoms with Crippen LogP contribution in [0.4, 0.5) is 0 Å². The van der Waals surface area contributed by atoms with Crippen LogP contribution in [0.1, 0.15) is 11.1 Å². The quantitative estimate of drug-likeness (QED) is 0.619. The van der Waals surface area contributed by atoms with E-state index >= 15 is 0 Å². The van der Waals surface area contributed by atoms with Crippen LogP contribution in [0.3, 0.4) is 0 Å². The van der Waals surface area contributed by atoms with Crippen molar-refractivity contribution in [3.63, 3.8) is 0 Å². The van der Waals surface area contributed by atoms with E-state index in [1.165, 1.54) is 0 Å². The van der Waals surface area contributed by atoms with Gasteiger partial charge in [0.2, 0.25) is 5.90 Å². The monoisotopic (exact) mass is 357 g/mol. The van der Waals surface area contributed by atoms with E-state index in [4.69, 9.17) is 9.47 Å². The van der Waals surface area contributed by atoms with Gasteiger partial charge in [0.25, 0.3) is 0 Å². The first kappa shape index (κ1) is 14.5. The minimum atomic E-state index is -0.450. The lowest BCUT2D eigenvalue weighted by Gasteiger charge is -1.99. The van der Waals surface area contributed by atoms with Gasteiger partial charge in [0.05, 0.1) is 7.11 Å². The summed E-state index contributed by atoms with van der Waals surface area (Å²) in [5.74, 6) is 0.626. The summed E-state index contributed by atoms with van der Waals surface area (Å²) in [6.07, 6.45) is 1.69. The van der Waals surface area contributed by atoms with Crippen molar-refractivity contribution in [3.05, 3.63) is 69.8 Å². The van der Waals surface area contributed by atoms with Gasteiger partial charge in [-0.2, -0.15) is 0 Å². The summed E-state index contributed by atoms with van der Waals surface area (Å²) in [5.41, 5.74) is 1.89. The Morgan fingerprint density at radius 2 is 1.77 bits per heavy atom. The van der Waals surface area contributed by atoms with Gasteiger partial charge >= 0.3 is 5.97 Å². The highest BCUT2D eigenvalue weighted by atomic mass is 79.9. The third-order valence-electron chi connectivity index (χ3n) is 3.13. The molecule has 1 heterocycles. The number of esters is 1. The van der Waals surface area contributed by atoms with Gasteiger partial charge in [0.1, 0.15) is 5.75 Å². The molecule has 1 aliphatic rings. The fourth-order valence-corrected chi connectivity index (χ4v) is 2.25. The van der Waals surface area contributed by atoms with E-state index in [-0.39, 0.29) is 5.70 Å². The van der Waals surface area contributed by atoms with Crippen LogP contribution in [0.25, 0.3) is 6.08 Å². The lowest BCUT2D eigenvalue weighted by atomic mass is 10.2. The number of halogens is 1. The topological polar surface area (TPSA) is 47.9 Å². The number of hydrogen-bond donors (Lipinski definition) is 0. The summed E-state index contributed by atoms with van der Waals surface area (Å²) in [4.78, 5) is 16.2. The molecule has 3 rings (SSSR count). The zero-order valence-electron chi connectivity index (χ0n) is 11.7. The van der Waals surface area contributed by atoms with Crippen LogP contribution in [-0.2, 0) is 9.53 Å². The molecule has 5 heteroatoms. The Balaban J connectivity index is 1.88. The number of carbonyl (C=O) groups is 1. The van der Waals surface area contributed by atoms with Crippen LogP contribution in [-0.4, -0.2) is 19.0 Å². The van der Waals surface area contributed by atoms with E-state index in [0.29, 0.717) is 5.90 Å². The fourth-order valence-electron chi connectivity index (χ4n) is 1.98. The molecule has 0 amide bonds. The van der Waals surface area contributed by atoms with Crippen LogP contribution in [0, 0.1) is 0 Å². The van der Waals surface area contributed by atoms with Gasteiger partial charge in [-0.3, -0.25) is 0 Å². The maximum Gasteiger partial charge on any atom is 0.363 e. The third kappa shape index (κ3) is 3.09. The van der Waals surface area contributed by atoms with Crippen LogP contribution in [0.2, 0.25) is 0 Å². The average Bonchev–Trinajstić information content (AvgIpc) is 2.90. The summed E-state index contributed by atoms with van der Waals surface area (Å²) in [5, 5.41) is 0. The Kier molecular flexibility index (Phi) is 4.06. The van der Waals surface area contributed by atoms with Crippen molar-refractivity contribution in [2.24, 2.45) is 4.99 Å². The molecule has 2 aromatic carbocycles. The van der Waals surface area contributed by atoms with Crippen molar-refractivity contribution >= 4 is 33.9 Å². The number of cyclic esters (lactones) is 1. The van der Waals surface area contributed by atoms with Crippen molar-refractivity contribution in [1.82, 2.24) is 0 Å². The van der Waals surface area contributed by atoms with E-state index in [0.717, 1.165) is 21.3 Å². The predicted octanol–water partition coefficient (Wildman–Crippen LogP) is 3.80. The standard InChI is InChI=1S/C17H12BrNO3/c1-21-14-8-2-11(3-9-14)10-15-17(20)22-16(19-15)12-4-6-13(18)7-5-12/h2-10H,1H3/b15-10+. The molecule has 2 aromatic rings.